The second-order valence-corrected chi connectivity index (χ2v) is 7.98. The molecule has 0 radical (unpaired) electrons. The van der Waals surface area contributed by atoms with Crippen LogP contribution in [-0.2, 0) is 24.4 Å². The van der Waals surface area contributed by atoms with E-state index >= 15 is 0 Å². The van der Waals surface area contributed by atoms with Gasteiger partial charge in [-0.1, -0.05) is 0 Å². The lowest BCUT2D eigenvalue weighted by Crippen LogP contribution is -2.42. The predicted octanol–water partition coefficient (Wildman–Crippen LogP) is 2.31. The lowest BCUT2D eigenvalue weighted by molar-refractivity contribution is -0.0777. The van der Waals surface area contributed by atoms with Crippen LogP contribution < -0.4 is 5.32 Å². The molecule has 0 unspecified atom stereocenters. The first-order chi connectivity index (χ1) is 12.6. The van der Waals surface area contributed by atoms with Gasteiger partial charge in [0.2, 0.25) is 5.95 Å². The minimum absolute atomic E-state index is 0.0266. The standard InChI is InChI=1S/C19H28N6O/c1-19(2)11-15(4-9-26-19)13-24-7-8-25-17(14-24)10-16(23-25)12-22-18-20-5-3-6-21-18/h3,5-6,10,15H,4,7-9,11-14H2,1-2H3,(H,20,21,22)/t15-/m1/s1. The summed E-state index contributed by atoms with van der Waals surface area (Å²) < 4.78 is 8.00. The zero-order chi connectivity index (χ0) is 18.0. The molecule has 1 N–H and O–H groups in total. The molecule has 2 aliphatic heterocycles. The minimum Gasteiger partial charge on any atom is -0.376 e. The van der Waals surface area contributed by atoms with Gasteiger partial charge >= 0.3 is 0 Å². The Hall–Kier alpha value is -1.99. The minimum atomic E-state index is 0.0266. The van der Waals surface area contributed by atoms with E-state index in [1.807, 2.05) is 6.07 Å². The zero-order valence-electron chi connectivity index (χ0n) is 15.7. The van der Waals surface area contributed by atoms with Crippen LogP contribution in [0.5, 0.6) is 0 Å². The van der Waals surface area contributed by atoms with E-state index in [1.165, 1.54) is 12.1 Å². The number of hydrogen-bond donors (Lipinski definition) is 1. The first-order valence-corrected chi connectivity index (χ1v) is 9.50. The van der Waals surface area contributed by atoms with Crippen LogP contribution in [-0.4, -0.2) is 49.9 Å². The molecule has 140 valence electrons. The molecule has 0 spiro atoms. The van der Waals surface area contributed by atoms with E-state index in [0.717, 1.165) is 50.8 Å². The quantitative estimate of drug-likeness (QED) is 0.887. The van der Waals surface area contributed by atoms with Crippen LogP contribution in [0.25, 0.3) is 0 Å². The Labute approximate surface area is 154 Å². The number of anilines is 1. The molecule has 26 heavy (non-hydrogen) atoms. The van der Waals surface area contributed by atoms with Gasteiger partial charge in [-0.15, -0.1) is 0 Å². The van der Waals surface area contributed by atoms with Crippen LogP contribution in [0.3, 0.4) is 0 Å². The number of nitrogens with one attached hydrogen (secondary N) is 1. The van der Waals surface area contributed by atoms with Crippen molar-refractivity contribution in [3.63, 3.8) is 0 Å². The van der Waals surface area contributed by atoms with Crippen molar-refractivity contribution in [2.45, 2.75) is 51.9 Å². The number of rotatable bonds is 5. The Bertz CT molecular complexity index is 729. The van der Waals surface area contributed by atoms with Gasteiger partial charge in [-0.3, -0.25) is 9.58 Å². The Morgan fingerprint density at radius 1 is 1.27 bits per heavy atom. The van der Waals surface area contributed by atoms with Crippen LogP contribution >= 0.6 is 0 Å². The molecular formula is C19H28N6O. The van der Waals surface area contributed by atoms with E-state index in [1.54, 1.807) is 12.4 Å². The van der Waals surface area contributed by atoms with E-state index < -0.39 is 0 Å². The fourth-order valence-electron chi connectivity index (χ4n) is 4.06. The average Bonchev–Trinajstić information content (AvgIpc) is 3.02. The first kappa shape index (κ1) is 17.4. The lowest BCUT2D eigenvalue weighted by atomic mass is 9.88. The molecule has 0 amide bonds. The van der Waals surface area contributed by atoms with Gasteiger partial charge in [0.1, 0.15) is 0 Å². The van der Waals surface area contributed by atoms with Gasteiger partial charge in [-0.05, 0) is 44.7 Å². The van der Waals surface area contributed by atoms with Gasteiger partial charge in [-0.2, -0.15) is 5.10 Å². The van der Waals surface area contributed by atoms with Gasteiger partial charge in [-0.25, -0.2) is 9.97 Å². The summed E-state index contributed by atoms with van der Waals surface area (Å²) in [5.41, 5.74) is 2.37. The molecule has 0 aliphatic carbocycles. The summed E-state index contributed by atoms with van der Waals surface area (Å²) in [4.78, 5) is 10.9. The molecule has 0 aromatic carbocycles. The Balaban J connectivity index is 1.33. The maximum atomic E-state index is 5.86. The highest BCUT2D eigenvalue weighted by atomic mass is 16.5. The Morgan fingerprint density at radius 2 is 2.12 bits per heavy atom. The lowest BCUT2D eigenvalue weighted by Gasteiger charge is -2.38. The van der Waals surface area contributed by atoms with Gasteiger partial charge in [0.05, 0.1) is 30.1 Å². The fraction of sp³-hybridized carbons (Fsp3) is 0.632. The highest BCUT2D eigenvalue weighted by Gasteiger charge is 2.30. The molecule has 7 nitrogen and oxygen atoms in total. The van der Waals surface area contributed by atoms with Crippen molar-refractivity contribution in [3.05, 3.63) is 35.9 Å². The molecule has 2 aromatic rings. The van der Waals surface area contributed by atoms with Crippen molar-refractivity contribution in [3.8, 4) is 0 Å². The van der Waals surface area contributed by atoms with E-state index in [2.05, 4.69) is 44.8 Å². The second-order valence-electron chi connectivity index (χ2n) is 7.98. The third kappa shape index (κ3) is 4.22. The Morgan fingerprint density at radius 3 is 2.92 bits per heavy atom. The van der Waals surface area contributed by atoms with Crippen molar-refractivity contribution in [1.82, 2.24) is 24.6 Å². The number of aromatic nitrogens is 4. The molecule has 2 aromatic heterocycles. The maximum Gasteiger partial charge on any atom is 0.222 e. The molecule has 0 bridgehead atoms. The van der Waals surface area contributed by atoms with Gasteiger partial charge in [0, 0.05) is 38.6 Å². The van der Waals surface area contributed by atoms with E-state index in [-0.39, 0.29) is 5.60 Å². The average molecular weight is 356 g/mol. The number of ether oxygens (including phenoxy) is 1. The molecule has 2 aliphatic rings. The largest absolute Gasteiger partial charge is 0.376 e. The third-order valence-corrected chi connectivity index (χ3v) is 5.24. The normalized spacial score (nSPS) is 22.8. The third-order valence-electron chi connectivity index (χ3n) is 5.24. The van der Waals surface area contributed by atoms with Crippen LogP contribution in [0.2, 0.25) is 0 Å². The van der Waals surface area contributed by atoms with Crippen LogP contribution in [0.1, 0.15) is 38.1 Å². The van der Waals surface area contributed by atoms with Crippen molar-refractivity contribution < 1.29 is 4.74 Å². The van der Waals surface area contributed by atoms with Crippen molar-refractivity contribution >= 4 is 5.95 Å². The maximum absolute atomic E-state index is 5.86. The molecule has 0 saturated carbocycles. The number of hydrogen-bond acceptors (Lipinski definition) is 6. The summed E-state index contributed by atoms with van der Waals surface area (Å²) in [6.45, 7) is 10.1. The van der Waals surface area contributed by atoms with Crippen LogP contribution in [0.15, 0.2) is 24.5 Å². The van der Waals surface area contributed by atoms with Crippen LogP contribution in [0, 0.1) is 5.92 Å². The molecule has 1 saturated heterocycles. The molecule has 1 atom stereocenters. The van der Waals surface area contributed by atoms with Crippen molar-refractivity contribution in [1.29, 1.82) is 0 Å². The second kappa shape index (κ2) is 7.32. The molecular weight excluding hydrogens is 328 g/mol. The monoisotopic (exact) mass is 356 g/mol. The highest BCUT2D eigenvalue weighted by molar-refractivity contribution is 5.24. The zero-order valence-corrected chi connectivity index (χ0v) is 15.7. The molecule has 7 heteroatoms. The topological polar surface area (TPSA) is 68.1 Å². The summed E-state index contributed by atoms with van der Waals surface area (Å²) >= 11 is 0. The first-order valence-electron chi connectivity index (χ1n) is 9.50. The predicted molar refractivity (Wildman–Crippen MR) is 99.6 cm³/mol. The SMILES string of the molecule is CC1(C)C[C@H](CN2CCn3nc(CNc4ncccn4)cc3C2)CCO1. The number of fused-ring (bicyclic) bond motifs is 1. The summed E-state index contributed by atoms with van der Waals surface area (Å²) in [7, 11) is 0. The van der Waals surface area contributed by atoms with Crippen molar-refractivity contribution in [2.24, 2.45) is 5.92 Å². The fourth-order valence-corrected chi connectivity index (χ4v) is 4.06. The van der Waals surface area contributed by atoms with Gasteiger partial charge in [0.25, 0.3) is 0 Å². The summed E-state index contributed by atoms with van der Waals surface area (Å²) in [5.74, 6) is 1.37. The van der Waals surface area contributed by atoms with E-state index in [4.69, 9.17) is 9.84 Å². The van der Waals surface area contributed by atoms with Gasteiger partial charge < -0.3 is 10.1 Å². The van der Waals surface area contributed by atoms with E-state index in [9.17, 15) is 0 Å². The van der Waals surface area contributed by atoms with Gasteiger partial charge in [0.15, 0.2) is 0 Å². The smallest absolute Gasteiger partial charge is 0.222 e. The van der Waals surface area contributed by atoms with Crippen LogP contribution in [0.4, 0.5) is 5.95 Å². The summed E-state index contributed by atoms with van der Waals surface area (Å²) in [5, 5.41) is 7.95. The van der Waals surface area contributed by atoms with Crippen molar-refractivity contribution in [2.75, 3.05) is 25.0 Å². The molecule has 4 heterocycles. The Kier molecular flexibility index (Phi) is 4.91. The molecule has 1 fully saturated rings. The summed E-state index contributed by atoms with van der Waals surface area (Å²) in [6, 6.07) is 4.02. The number of nitrogens with zero attached hydrogens (tertiary/aromatic N) is 5. The summed E-state index contributed by atoms with van der Waals surface area (Å²) in [6.07, 6.45) is 5.80. The highest BCUT2D eigenvalue weighted by Crippen LogP contribution is 2.29. The molecule has 4 rings (SSSR count). The van der Waals surface area contributed by atoms with E-state index in [0.29, 0.717) is 12.5 Å².